The summed E-state index contributed by atoms with van der Waals surface area (Å²) >= 11 is 6.09. The largest absolute Gasteiger partial charge is 0.495 e. The predicted molar refractivity (Wildman–Crippen MR) is 92.7 cm³/mol. The number of rotatable bonds is 4. The van der Waals surface area contributed by atoms with Crippen LogP contribution in [0.15, 0.2) is 36.5 Å². The molecule has 1 aromatic heterocycles. The van der Waals surface area contributed by atoms with Crippen LogP contribution < -0.4 is 15.4 Å². The lowest BCUT2D eigenvalue weighted by Crippen LogP contribution is -2.40. The number of hydrogen-bond acceptors (Lipinski definition) is 4. The topological polar surface area (TPSA) is 63.2 Å². The number of carbonyl (C=O) groups is 1. The Labute approximate surface area is 141 Å². The molecule has 23 heavy (non-hydrogen) atoms. The summed E-state index contributed by atoms with van der Waals surface area (Å²) in [6.45, 7) is 5.77. The molecule has 0 saturated carbocycles. The Morgan fingerprint density at radius 3 is 2.39 bits per heavy atom. The number of nitrogens with one attached hydrogen (secondary N) is 2. The Hall–Kier alpha value is -2.27. The van der Waals surface area contributed by atoms with Gasteiger partial charge in [-0.1, -0.05) is 11.6 Å². The second-order valence-corrected chi connectivity index (χ2v) is 6.52. The molecule has 0 aliphatic carbocycles. The first-order chi connectivity index (χ1) is 10.8. The third-order valence-electron chi connectivity index (χ3n) is 2.93. The molecule has 0 spiro atoms. The molecule has 1 aromatic carbocycles. The van der Waals surface area contributed by atoms with Crippen molar-refractivity contribution in [2.75, 3.05) is 12.4 Å². The van der Waals surface area contributed by atoms with Crippen LogP contribution in [0.3, 0.4) is 0 Å². The van der Waals surface area contributed by atoms with E-state index in [9.17, 15) is 4.79 Å². The molecule has 5 nitrogen and oxygen atoms in total. The van der Waals surface area contributed by atoms with Crippen LogP contribution in [0.4, 0.5) is 11.4 Å². The fourth-order valence-electron chi connectivity index (χ4n) is 1.92. The van der Waals surface area contributed by atoms with Gasteiger partial charge in [-0.25, -0.2) is 4.98 Å². The highest BCUT2D eigenvalue weighted by Gasteiger charge is 2.16. The molecular weight excluding hydrogens is 314 g/mol. The molecule has 0 aliphatic heterocycles. The quantitative estimate of drug-likeness (QED) is 0.887. The molecule has 0 fully saturated rings. The van der Waals surface area contributed by atoms with Crippen molar-refractivity contribution in [3.05, 3.63) is 47.2 Å². The average Bonchev–Trinajstić information content (AvgIpc) is 2.46. The second kappa shape index (κ2) is 6.87. The number of ether oxygens (including phenoxy) is 1. The van der Waals surface area contributed by atoms with E-state index in [2.05, 4.69) is 15.6 Å². The summed E-state index contributed by atoms with van der Waals surface area (Å²) in [7, 11) is 1.57. The van der Waals surface area contributed by atoms with Gasteiger partial charge < -0.3 is 15.4 Å². The van der Waals surface area contributed by atoms with E-state index in [1.54, 1.807) is 37.6 Å². The van der Waals surface area contributed by atoms with Gasteiger partial charge in [0.2, 0.25) is 0 Å². The van der Waals surface area contributed by atoms with Gasteiger partial charge in [0.1, 0.15) is 11.4 Å². The van der Waals surface area contributed by atoms with Crippen LogP contribution in [-0.4, -0.2) is 23.5 Å². The van der Waals surface area contributed by atoms with Gasteiger partial charge in [-0.05, 0) is 51.1 Å². The zero-order chi connectivity index (χ0) is 17.0. The number of methoxy groups -OCH3 is 1. The monoisotopic (exact) mass is 333 g/mol. The maximum Gasteiger partial charge on any atom is 0.270 e. The Bertz CT molecular complexity index is 694. The molecule has 0 saturated heterocycles. The van der Waals surface area contributed by atoms with E-state index in [0.29, 0.717) is 16.5 Å². The zero-order valence-corrected chi connectivity index (χ0v) is 14.4. The highest BCUT2D eigenvalue weighted by atomic mass is 35.5. The number of hydrogen-bond donors (Lipinski definition) is 2. The van der Waals surface area contributed by atoms with Crippen LogP contribution in [0.2, 0.25) is 5.02 Å². The molecule has 2 N–H and O–H groups in total. The van der Waals surface area contributed by atoms with Crippen molar-refractivity contribution < 1.29 is 9.53 Å². The maximum absolute atomic E-state index is 12.0. The van der Waals surface area contributed by atoms with Crippen molar-refractivity contribution in [3.63, 3.8) is 0 Å². The number of pyridine rings is 1. The Morgan fingerprint density at radius 2 is 1.87 bits per heavy atom. The first-order valence-corrected chi connectivity index (χ1v) is 7.55. The minimum absolute atomic E-state index is 0.198. The van der Waals surface area contributed by atoms with Crippen molar-refractivity contribution in [3.8, 4) is 5.75 Å². The molecule has 1 amide bonds. The van der Waals surface area contributed by atoms with Crippen molar-refractivity contribution >= 4 is 28.9 Å². The molecular formula is C17H20ClN3O2. The Kier molecular flexibility index (Phi) is 5.11. The summed E-state index contributed by atoms with van der Waals surface area (Å²) in [5.74, 6) is 0.418. The number of amides is 1. The average molecular weight is 334 g/mol. The van der Waals surface area contributed by atoms with Gasteiger partial charge in [-0.15, -0.1) is 0 Å². The number of aromatic nitrogens is 1. The number of carbonyl (C=O) groups excluding carboxylic acids is 1. The summed E-state index contributed by atoms with van der Waals surface area (Å²) in [6.07, 6.45) is 1.61. The number of nitrogens with zero attached hydrogens (tertiary/aromatic N) is 1. The molecule has 122 valence electrons. The first kappa shape index (κ1) is 17.1. The van der Waals surface area contributed by atoms with Crippen molar-refractivity contribution in [1.82, 2.24) is 10.3 Å². The van der Waals surface area contributed by atoms with Crippen LogP contribution in [0.5, 0.6) is 5.75 Å². The first-order valence-electron chi connectivity index (χ1n) is 7.17. The SMILES string of the molecule is COc1ccc(Nc2ccc(C(=O)NC(C)(C)C)nc2)cc1Cl. The highest BCUT2D eigenvalue weighted by Crippen LogP contribution is 2.28. The maximum atomic E-state index is 12.0. The summed E-state index contributed by atoms with van der Waals surface area (Å²) < 4.78 is 5.12. The molecule has 2 rings (SSSR count). The normalized spacial score (nSPS) is 11.0. The molecule has 0 atom stereocenters. The standard InChI is InChI=1S/C17H20ClN3O2/c1-17(2,3)21-16(22)14-7-5-12(10-19-14)20-11-6-8-15(23-4)13(18)9-11/h5-10,20H,1-4H3,(H,21,22). The fraction of sp³-hybridized carbons (Fsp3) is 0.294. The van der Waals surface area contributed by atoms with E-state index >= 15 is 0 Å². The summed E-state index contributed by atoms with van der Waals surface area (Å²) in [6, 6.07) is 8.87. The number of anilines is 2. The van der Waals surface area contributed by atoms with Crippen LogP contribution in [0.25, 0.3) is 0 Å². The molecule has 1 heterocycles. The lowest BCUT2D eigenvalue weighted by molar-refractivity contribution is 0.0914. The van der Waals surface area contributed by atoms with Crippen LogP contribution in [0.1, 0.15) is 31.3 Å². The van der Waals surface area contributed by atoms with Gasteiger partial charge in [-0.3, -0.25) is 4.79 Å². The molecule has 0 aliphatic rings. The van der Waals surface area contributed by atoms with E-state index < -0.39 is 0 Å². The predicted octanol–water partition coefficient (Wildman–Crippen LogP) is 4.02. The van der Waals surface area contributed by atoms with E-state index in [1.165, 1.54) is 0 Å². The van der Waals surface area contributed by atoms with Crippen molar-refractivity contribution in [1.29, 1.82) is 0 Å². The van der Waals surface area contributed by atoms with E-state index in [1.807, 2.05) is 26.8 Å². The van der Waals surface area contributed by atoms with E-state index in [4.69, 9.17) is 16.3 Å². The second-order valence-electron chi connectivity index (χ2n) is 6.11. The summed E-state index contributed by atoms with van der Waals surface area (Å²) in [4.78, 5) is 16.2. The van der Waals surface area contributed by atoms with E-state index in [0.717, 1.165) is 11.4 Å². The van der Waals surface area contributed by atoms with Gasteiger partial charge in [0.25, 0.3) is 5.91 Å². The lowest BCUT2D eigenvalue weighted by atomic mass is 10.1. The van der Waals surface area contributed by atoms with Gasteiger partial charge in [-0.2, -0.15) is 0 Å². The highest BCUT2D eigenvalue weighted by molar-refractivity contribution is 6.32. The smallest absolute Gasteiger partial charge is 0.270 e. The molecule has 6 heteroatoms. The van der Waals surface area contributed by atoms with Gasteiger partial charge >= 0.3 is 0 Å². The Morgan fingerprint density at radius 1 is 1.17 bits per heavy atom. The zero-order valence-electron chi connectivity index (χ0n) is 13.6. The number of halogens is 1. The Balaban J connectivity index is 2.08. The summed E-state index contributed by atoms with van der Waals surface area (Å²) in [5.41, 5.74) is 1.65. The van der Waals surface area contributed by atoms with E-state index in [-0.39, 0.29) is 11.4 Å². The third-order valence-corrected chi connectivity index (χ3v) is 3.22. The van der Waals surface area contributed by atoms with Gasteiger partial charge in [0.05, 0.1) is 24.0 Å². The van der Waals surface area contributed by atoms with Gasteiger partial charge in [0.15, 0.2) is 0 Å². The van der Waals surface area contributed by atoms with Crippen LogP contribution in [-0.2, 0) is 0 Å². The minimum Gasteiger partial charge on any atom is -0.495 e. The van der Waals surface area contributed by atoms with Crippen molar-refractivity contribution in [2.24, 2.45) is 0 Å². The molecule has 0 unspecified atom stereocenters. The third kappa shape index (κ3) is 4.86. The summed E-state index contributed by atoms with van der Waals surface area (Å²) in [5, 5.41) is 6.57. The fourth-order valence-corrected chi connectivity index (χ4v) is 2.18. The van der Waals surface area contributed by atoms with Crippen molar-refractivity contribution in [2.45, 2.75) is 26.3 Å². The van der Waals surface area contributed by atoms with Crippen LogP contribution in [0, 0.1) is 0 Å². The number of benzene rings is 1. The molecule has 0 bridgehead atoms. The lowest BCUT2D eigenvalue weighted by Gasteiger charge is -2.20. The minimum atomic E-state index is -0.296. The molecule has 0 radical (unpaired) electrons. The van der Waals surface area contributed by atoms with Gasteiger partial charge in [0, 0.05) is 11.2 Å². The molecule has 2 aromatic rings. The van der Waals surface area contributed by atoms with Crippen LogP contribution >= 0.6 is 11.6 Å².